The molecule has 3 nitrogen and oxygen atoms in total. The van der Waals surface area contributed by atoms with E-state index in [0.717, 1.165) is 48.1 Å². The quantitative estimate of drug-likeness (QED) is 0.741. The topological polar surface area (TPSA) is 29.5 Å². The van der Waals surface area contributed by atoms with E-state index in [1.807, 2.05) is 23.1 Å². The molecule has 0 aliphatic carbocycles. The molecule has 1 aliphatic heterocycles. The zero-order valence-electron chi connectivity index (χ0n) is 13.6. The van der Waals surface area contributed by atoms with Crippen LogP contribution in [-0.4, -0.2) is 30.5 Å². The molecule has 122 valence electrons. The first-order valence-electron chi connectivity index (χ1n) is 8.29. The summed E-state index contributed by atoms with van der Waals surface area (Å²) in [5.74, 6) is 1.58. The van der Waals surface area contributed by atoms with E-state index in [2.05, 4.69) is 29.8 Å². The molecule has 1 amide bonds. The third kappa shape index (κ3) is 5.01. The Morgan fingerprint density at radius 1 is 1.23 bits per heavy atom. The second-order valence-electron chi connectivity index (χ2n) is 6.38. The van der Waals surface area contributed by atoms with Crippen LogP contribution < -0.4 is 4.74 Å². The lowest BCUT2D eigenvalue weighted by Crippen LogP contribution is -2.31. The van der Waals surface area contributed by atoms with Gasteiger partial charge in [0, 0.05) is 18.7 Å². The maximum Gasteiger partial charge on any atom is 0.253 e. The molecule has 0 spiro atoms. The van der Waals surface area contributed by atoms with Gasteiger partial charge >= 0.3 is 0 Å². The largest absolute Gasteiger partial charge is 0.492 e. The van der Waals surface area contributed by atoms with Crippen LogP contribution in [0.5, 0.6) is 5.75 Å². The molecule has 4 heteroatoms. The van der Waals surface area contributed by atoms with Crippen molar-refractivity contribution in [1.82, 2.24) is 4.90 Å². The Kier molecular flexibility index (Phi) is 6.74. The Balaban J connectivity index is 1.99. The molecule has 1 aliphatic rings. The lowest BCUT2D eigenvalue weighted by Gasteiger charge is -2.20. The zero-order valence-corrected chi connectivity index (χ0v) is 15.2. The van der Waals surface area contributed by atoms with Crippen LogP contribution in [-0.2, 0) is 0 Å². The number of carbonyl (C=O) groups is 1. The Labute approximate surface area is 142 Å². The van der Waals surface area contributed by atoms with Crippen LogP contribution in [0.15, 0.2) is 22.7 Å². The number of ether oxygens (including phenoxy) is 1. The summed E-state index contributed by atoms with van der Waals surface area (Å²) in [5, 5.41) is 0. The van der Waals surface area contributed by atoms with Crippen molar-refractivity contribution in [2.24, 2.45) is 5.92 Å². The smallest absolute Gasteiger partial charge is 0.253 e. The van der Waals surface area contributed by atoms with E-state index in [-0.39, 0.29) is 5.91 Å². The third-order valence-corrected chi connectivity index (χ3v) is 4.64. The average molecular weight is 368 g/mol. The van der Waals surface area contributed by atoms with Crippen LogP contribution in [0, 0.1) is 5.92 Å². The first-order valence-corrected chi connectivity index (χ1v) is 9.09. The van der Waals surface area contributed by atoms with Crippen LogP contribution in [0.3, 0.4) is 0 Å². The number of amides is 1. The summed E-state index contributed by atoms with van der Waals surface area (Å²) >= 11 is 3.53. The highest BCUT2D eigenvalue weighted by Gasteiger charge is 2.18. The summed E-state index contributed by atoms with van der Waals surface area (Å²) in [5.41, 5.74) is 0.741. The van der Waals surface area contributed by atoms with Crippen molar-refractivity contribution in [2.75, 3.05) is 19.7 Å². The Hall–Kier alpha value is -1.03. The van der Waals surface area contributed by atoms with Gasteiger partial charge in [-0.05, 0) is 59.3 Å². The summed E-state index contributed by atoms with van der Waals surface area (Å²) in [7, 11) is 0. The standard InChI is InChI=1S/C18H26BrNO2/c1-14(2)9-12-22-17-8-7-15(13-16(17)19)18(21)20-10-5-3-4-6-11-20/h7-8,13-14H,3-6,9-12H2,1-2H3. The van der Waals surface area contributed by atoms with Crippen LogP contribution in [0.1, 0.15) is 56.3 Å². The van der Waals surface area contributed by atoms with Gasteiger partial charge in [-0.3, -0.25) is 4.79 Å². The molecule has 0 N–H and O–H groups in total. The molecule has 0 aromatic heterocycles. The molecule has 1 saturated heterocycles. The minimum atomic E-state index is 0.135. The maximum absolute atomic E-state index is 12.6. The molecule has 0 bridgehead atoms. The number of likely N-dealkylation sites (tertiary alicyclic amines) is 1. The van der Waals surface area contributed by atoms with Gasteiger partial charge in [0.25, 0.3) is 5.91 Å². The zero-order chi connectivity index (χ0) is 15.9. The molecule has 1 fully saturated rings. The van der Waals surface area contributed by atoms with E-state index < -0.39 is 0 Å². The molecular weight excluding hydrogens is 342 g/mol. The second kappa shape index (κ2) is 8.56. The van der Waals surface area contributed by atoms with Gasteiger partial charge < -0.3 is 9.64 Å². The molecule has 0 saturated carbocycles. The van der Waals surface area contributed by atoms with Gasteiger partial charge in [-0.15, -0.1) is 0 Å². The van der Waals surface area contributed by atoms with Gasteiger partial charge in [-0.25, -0.2) is 0 Å². The second-order valence-corrected chi connectivity index (χ2v) is 7.24. The number of nitrogens with zero attached hydrogens (tertiary/aromatic N) is 1. The number of hydrogen-bond acceptors (Lipinski definition) is 2. The van der Waals surface area contributed by atoms with Crippen LogP contribution in [0.25, 0.3) is 0 Å². The van der Waals surface area contributed by atoms with Crippen molar-refractivity contribution in [1.29, 1.82) is 0 Å². The lowest BCUT2D eigenvalue weighted by molar-refractivity contribution is 0.0761. The molecule has 1 aromatic rings. The van der Waals surface area contributed by atoms with Crippen molar-refractivity contribution >= 4 is 21.8 Å². The van der Waals surface area contributed by atoms with Crippen molar-refractivity contribution in [2.45, 2.75) is 46.0 Å². The first-order chi connectivity index (χ1) is 10.6. The summed E-state index contributed by atoms with van der Waals surface area (Å²) in [6, 6.07) is 5.66. The Bertz CT molecular complexity index is 494. The van der Waals surface area contributed by atoms with Crippen molar-refractivity contribution < 1.29 is 9.53 Å². The molecule has 22 heavy (non-hydrogen) atoms. The van der Waals surface area contributed by atoms with E-state index in [9.17, 15) is 4.79 Å². The van der Waals surface area contributed by atoms with Gasteiger partial charge in [0.15, 0.2) is 0 Å². The van der Waals surface area contributed by atoms with Crippen LogP contribution in [0.4, 0.5) is 0 Å². The minimum Gasteiger partial charge on any atom is -0.492 e. The average Bonchev–Trinajstić information content (AvgIpc) is 2.77. The van der Waals surface area contributed by atoms with Crippen LogP contribution >= 0.6 is 15.9 Å². The Morgan fingerprint density at radius 3 is 2.50 bits per heavy atom. The summed E-state index contributed by atoms with van der Waals surface area (Å²) in [6.45, 7) is 6.82. The molecule has 0 unspecified atom stereocenters. The van der Waals surface area contributed by atoms with E-state index in [1.54, 1.807) is 0 Å². The van der Waals surface area contributed by atoms with Crippen molar-refractivity contribution in [3.8, 4) is 5.75 Å². The van der Waals surface area contributed by atoms with Gasteiger partial charge in [0.05, 0.1) is 11.1 Å². The van der Waals surface area contributed by atoms with E-state index in [1.165, 1.54) is 12.8 Å². The molecule has 2 rings (SSSR count). The number of hydrogen-bond donors (Lipinski definition) is 0. The van der Waals surface area contributed by atoms with Crippen LogP contribution in [0.2, 0.25) is 0 Å². The third-order valence-electron chi connectivity index (χ3n) is 4.02. The number of carbonyl (C=O) groups excluding carboxylic acids is 1. The SMILES string of the molecule is CC(C)CCOc1ccc(C(=O)N2CCCCCC2)cc1Br. The minimum absolute atomic E-state index is 0.135. The molecule has 1 aromatic carbocycles. The predicted molar refractivity (Wildman–Crippen MR) is 93.5 cm³/mol. The molecular formula is C18H26BrNO2. The monoisotopic (exact) mass is 367 g/mol. The highest BCUT2D eigenvalue weighted by Crippen LogP contribution is 2.27. The van der Waals surface area contributed by atoms with Gasteiger partial charge in [0.2, 0.25) is 0 Å². The number of rotatable bonds is 5. The highest BCUT2D eigenvalue weighted by molar-refractivity contribution is 9.10. The van der Waals surface area contributed by atoms with Gasteiger partial charge in [0.1, 0.15) is 5.75 Å². The Morgan fingerprint density at radius 2 is 1.91 bits per heavy atom. The fraction of sp³-hybridized carbons (Fsp3) is 0.611. The number of halogens is 1. The normalized spacial score (nSPS) is 15.7. The fourth-order valence-corrected chi connectivity index (χ4v) is 3.11. The summed E-state index contributed by atoms with van der Waals surface area (Å²) in [6.07, 6.45) is 5.72. The van der Waals surface area contributed by atoms with Crippen molar-refractivity contribution in [3.05, 3.63) is 28.2 Å². The van der Waals surface area contributed by atoms with E-state index in [0.29, 0.717) is 12.5 Å². The van der Waals surface area contributed by atoms with E-state index in [4.69, 9.17) is 4.74 Å². The summed E-state index contributed by atoms with van der Waals surface area (Å²) < 4.78 is 6.63. The number of benzene rings is 1. The van der Waals surface area contributed by atoms with E-state index >= 15 is 0 Å². The molecule has 1 heterocycles. The maximum atomic E-state index is 12.6. The summed E-state index contributed by atoms with van der Waals surface area (Å²) in [4.78, 5) is 14.6. The van der Waals surface area contributed by atoms with Gasteiger partial charge in [-0.1, -0.05) is 26.7 Å². The predicted octanol–water partition coefficient (Wildman–Crippen LogP) is 4.89. The van der Waals surface area contributed by atoms with Crippen molar-refractivity contribution in [3.63, 3.8) is 0 Å². The molecule has 0 atom stereocenters. The molecule has 0 radical (unpaired) electrons. The lowest BCUT2D eigenvalue weighted by atomic mass is 10.1. The first kappa shape index (κ1) is 17.3. The van der Waals surface area contributed by atoms with Gasteiger partial charge in [-0.2, -0.15) is 0 Å². The highest BCUT2D eigenvalue weighted by atomic mass is 79.9. The fourth-order valence-electron chi connectivity index (χ4n) is 2.61.